The van der Waals surface area contributed by atoms with Crippen LogP contribution in [0.2, 0.25) is 0 Å². The highest BCUT2D eigenvalue weighted by molar-refractivity contribution is 7.80. The molecule has 0 spiro atoms. The van der Waals surface area contributed by atoms with Gasteiger partial charge in [-0.3, -0.25) is 10.9 Å². The first-order valence-corrected chi connectivity index (χ1v) is 9.39. The monoisotopic (exact) mass is 364 g/mol. The summed E-state index contributed by atoms with van der Waals surface area (Å²) in [6.07, 6.45) is 3.73. The van der Waals surface area contributed by atoms with Gasteiger partial charge in [-0.25, -0.2) is 0 Å². The van der Waals surface area contributed by atoms with Gasteiger partial charge in [0.15, 0.2) is 10.2 Å². The van der Waals surface area contributed by atoms with Crippen molar-refractivity contribution >= 4 is 40.3 Å². The van der Waals surface area contributed by atoms with Gasteiger partial charge in [0.1, 0.15) is 0 Å². The van der Waals surface area contributed by atoms with Gasteiger partial charge in [0.05, 0.1) is 0 Å². The van der Waals surface area contributed by atoms with Crippen LogP contribution in [0.1, 0.15) is 44.2 Å². The molecule has 1 fully saturated rings. The second kappa shape index (κ2) is 8.62. The lowest BCUT2D eigenvalue weighted by Gasteiger charge is -2.35. The van der Waals surface area contributed by atoms with E-state index in [0.29, 0.717) is 22.2 Å². The number of anilines is 1. The molecule has 24 heavy (non-hydrogen) atoms. The Kier molecular flexibility index (Phi) is 6.80. The number of rotatable bonds is 2. The average molecular weight is 365 g/mol. The van der Waals surface area contributed by atoms with Gasteiger partial charge in [0.2, 0.25) is 0 Å². The Morgan fingerprint density at radius 2 is 1.75 bits per heavy atom. The molecule has 4 N–H and O–H groups in total. The summed E-state index contributed by atoms with van der Waals surface area (Å²) in [7, 11) is 0. The summed E-state index contributed by atoms with van der Waals surface area (Å²) < 4.78 is 0. The Bertz CT molecular complexity index is 603. The molecular formula is C18H28N4S2. The summed E-state index contributed by atoms with van der Waals surface area (Å²) in [6, 6.07) is 6.66. The molecule has 3 atom stereocenters. The van der Waals surface area contributed by atoms with Crippen LogP contribution in [-0.2, 0) is 0 Å². The van der Waals surface area contributed by atoms with Crippen LogP contribution < -0.4 is 21.5 Å². The molecule has 2 rings (SSSR count). The van der Waals surface area contributed by atoms with E-state index in [1.807, 2.05) is 0 Å². The number of nitrogens with one attached hydrogen (secondary N) is 4. The summed E-state index contributed by atoms with van der Waals surface area (Å²) in [5, 5.41) is 7.69. The molecule has 0 aromatic heterocycles. The van der Waals surface area contributed by atoms with Gasteiger partial charge in [-0.05, 0) is 73.7 Å². The molecule has 1 aromatic carbocycles. The third-order valence-corrected chi connectivity index (χ3v) is 5.38. The predicted octanol–water partition coefficient (Wildman–Crippen LogP) is 3.79. The minimum Gasteiger partial charge on any atom is -0.358 e. The van der Waals surface area contributed by atoms with Crippen LogP contribution in [0.4, 0.5) is 5.69 Å². The Balaban J connectivity index is 1.79. The SMILES string of the molecule is Cc1ccc(C)c(NC(=S)NNC(=S)N[C@@H]2CCC[C@@H](C)[C@@H]2C)c1. The van der Waals surface area contributed by atoms with E-state index in [1.165, 1.54) is 24.8 Å². The Hall–Kier alpha value is -1.40. The first-order chi connectivity index (χ1) is 11.4. The molecule has 0 amide bonds. The summed E-state index contributed by atoms with van der Waals surface area (Å²) >= 11 is 10.7. The summed E-state index contributed by atoms with van der Waals surface area (Å²) in [5.74, 6) is 1.36. The van der Waals surface area contributed by atoms with E-state index in [-0.39, 0.29) is 0 Å². The van der Waals surface area contributed by atoms with Crippen LogP contribution in [-0.4, -0.2) is 16.3 Å². The highest BCUT2D eigenvalue weighted by Crippen LogP contribution is 2.29. The molecule has 0 radical (unpaired) electrons. The summed E-state index contributed by atoms with van der Waals surface area (Å²) in [5.41, 5.74) is 9.29. The van der Waals surface area contributed by atoms with Crippen LogP contribution in [0.15, 0.2) is 18.2 Å². The maximum absolute atomic E-state index is 5.38. The summed E-state index contributed by atoms with van der Waals surface area (Å²) in [6.45, 7) is 8.72. The standard InChI is InChI=1S/C18H28N4S2/c1-11-8-9-13(3)16(10-11)20-18(24)22-21-17(23)19-15-7-5-6-12(2)14(15)4/h8-10,12,14-15H,5-7H2,1-4H3,(H2,19,21,23)(H2,20,22,24)/t12-,14+,15-/m1/s1. The molecule has 0 heterocycles. The van der Waals surface area contributed by atoms with Crippen molar-refractivity contribution in [3.63, 3.8) is 0 Å². The van der Waals surface area contributed by atoms with E-state index < -0.39 is 0 Å². The fourth-order valence-corrected chi connectivity index (χ4v) is 3.49. The fraction of sp³-hybridized carbons (Fsp3) is 0.556. The number of hydrogen-bond donors (Lipinski definition) is 4. The van der Waals surface area contributed by atoms with Crippen molar-refractivity contribution in [3.05, 3.63) is 29.3 Å². The molecule has 132 valence electrons. The van der Waals surface area contributed by atoms with Crippen LogP contribution in [0.25, 0.3) is 0 Å². The molecular weight excluding hydrogens is 336 g/mol. The molecule has 0 unspecified atom stereocenters. The Labute approximate surface area is 156 Å². The normalized spacial score (nSPS) is 23.2. The Morgan fingerprint density at radius 1 is 1.04 bits per heavy atom. The molecule has 0 bridgehead atoms. The van der Waals surface area contributed by atoms with Gasteiger partial charge in [0, 0.05) is 11.7 Å². The average Bonchev–Trinajstić information content (AvgIpc) is 2.53. The maximum Gasteiger partial charge on any atom is 0.189 e. The third kappa shape index (κ3) is 5.31. The highest BCUT2D eigenvalue weighted by atomic mass is 32.1. The lowest BCUT2D eigenvalue weighted by molar-refractivity contribution is 0.224. The van der Waals surface area contributed by atoms with E-state index >= 15 is 0 Å². The molecule has 0 saturated heterocycles. The van der Waals surface area contributed by atoms with Crippen molar-refractivity contribution in [2.24, 2.45) is 11.8 Å². The van der Waals surface area contributed by atoms with Crippen molar-refractivity contribution in [1.82, 2.24) is 16.2 Å². The van der Waals surface area contributed by atoms with Crippen molar-refractivity contribution in [1.29, 1.82) is 0 Å². The zero-order chi connectivity index (χ0) is 17.7. The van der Waals surface area contributed by atoms with Crippen molar-refractivity contribution in [2.45, 2.75) is 53.0 Å². The first kappa shape index (κ1) is 18.9. The number of aryl methyl sites for hydroxylation is 2. The molecule has 6 heteroatoms. The molecule has 0 aliphatic heterocycles. The fourth-order valence-electron chi connectivity index (χ4n) is 3.13. The zero-order valence-electron chi connectivity index (χ0n) is 14.9. The minimum absolute atomic E-state index is 0.427. The van der Waals surface area contributed by atoms with Crippen molar-refractivity contribution < 1.29 is 0 Å². The lowest BCUT2D eigenvalue weighted by atomic mass is 9.78. The smallest absolute Gasteiger partial charge is 0.189 e. The first-order valence-electron chi connectivity index (χ1n) is 8.57. The second-order valence-corrected chi connectivity index (χ2v) is 7.69. The molecule has 4 nitrogen and oxygen atoms in total. The Morgan fingerprint density at radius 3 is 2.50 bits per heavy atom. The largest absolute Gasteiger partial charge is 0.358 e. The van der Waals surface area contributed by atoms with Crippen LogP contribution in [0, 0.1) is 25.7 Å². The van der Waals surface area contributed by atoms with Crippen molar-refractivity contribution in [3.8, 4) is 0 Å². The molecule has 1 aliphatic rings. The number of thiocarbonyl (C=S) groups is 2. The van der Waals surface area contributed by atoms with Crippen LogP contribution in [0.3, 0.4) is 0 Å². The van der Waals surface area contributed by atoms with Gasteiger partial charge in [-0.2, -0.15) is 0 Å². The van der Waals surface area contributed by atoms with Gasteiger partial charge in [0.25, 0.3) is 0 Å². The molecule has 1 aromatic rings. The highest BCUT2D eigenvalue weighted by Gasteiger charge is 2.27. The lowest BCUT2D eigenvalue weighted by Crippen LogP contribution is -2.53. The third-order valence-electron chi connectivity index (χ3n) is 4.95. The zero-order valence-corrected chi connectivity index (χ0v) is 16.5. The number of hydrazine groups is 1. The van der Waals surface area contributed by atoms with E-state index in [0.717, 1.165) is 17.2 Å². The molecule has 1 saturated carbocycles. The van der Waals surface area contributed by atoms with E-state index in [2.05, 4.69) is 67.4 Å². The minimum atomic E-state index is 0.427. The van der Waals surface area contributed by atoms with Gasteiger partial charge >= 0.3 is 0 Å². The number of hydrogen-bond acceptors (Lipinski definition) is 2. The predicted molar refractivity (Wildman–Crippen MR) is 110 cm³/mol. The van der Waals surface area contributed by atoms with Crippen LogP contribution >= 0.6 is 24.4 Å². The summed E-state index contributed by atoms with van der Waals surface area (Å²) in [4.78, 5) is 0. The van der Waals surface area contributed by atoms with Gasteiger partial charge in [-0.1, -0.05) is 38.8 Å². The van der Waals surface area contributed by atoms with Crippen molar-refractivity contribution in [2.75, 3.05) is 5.32 Å². The number of benzene rings is 1. The van der Waals surface area contributed by atoms with E-state index in [4.69, 9.17) is 24.4 Å². The topological polar surface area (TPSA) is 48.1 Å². The second-order valence-electron chi connectivity index (χ2n) is 6.87. The van der Waals surface area contributed by atoms with Gasteiger partial charge < -0.3 is 10.6 Å². The van der Waals surface area contributed by atoms with E-state index in [9.17, 15) is 0 Å². The maximum atomic E-state index is 5.38. The van der Waals surface area contributed by atoms with Gasteiger partial charge in [-0.15, -0.1) is 0 Å². The van der Waals surface area contributed by atoms with Crippen LogP contribution in [0.5, 0.6) is 0 Å². The quantitative estimate of drug-likeness (QED) is 0.473. The molecule has 1 aliphatic carbocycles. The van der Waals surface area contributed by atoms with E-state index in [1.54, 1.807) is 0 Å².